The van der Waals surface area contributed by atoms with Gasteiger partial charge in [0, 0.05) is 19.6 Å². The topological polar surface area (TPSA) is 29.3 Å². The quantitative estimate of drug-likeness (QED) is 0.924. The molecular formula is C16H18F2N2. The van der Waals surface area contributed by atoms with Crippen molar-refractivity contribution in [1.82, 2.24) is 0 Å². The number of hydrogen-bond donors (Lipinski definition) is 1. The van der Waals surface area contributed by atoms with Crippen LogP contribution in [0.5, 0.6) is 0 Å². The molecule has 0 aromatic heterocycles. The molecule has 0 bridgehead atoms. The largest absolute Gasteiger partial charge is 0.368 e. The van der Waals surface area contributed by atoms with Gasteiger partial charge < -0.3 is 10.6 Å². The Morgan fingerprint density at radius 2 is 1.90 bits per heavy atom. The van der Waals surface area contributed by atoms with E-state index in [2.05, 4.69) is 0 Å². The van der Waals surface area contributed by atoms with Crippen LogP contribution in [0.2, 0.25) is 0 Å². The van der Waals surface area contributed by atoms with Crippen LogP contribution in [-0.2, 0) is 6.54 Å². The van der Waals surface area contributed by atoms with E-state index in [0.717, 1.165) is 11.1 Å². The summed E-state index contributed by atoms with van der Waals surface area (Å²) in [5.41, 5.74) is 7.75. The number of nitrogens with zero attached hydrogens (tertiary/aromatic N) is 1. The van der Waals surface area contributed by atoms with Gasteiger partial charge in [0.2, 0.25) is 0 Å². The summed E-state index contributed by atoms with van der Waals surface area (Å²) >= 11 is 0. The molecule has 2 rings (SSSR count). The van der Waals surface area contributed by atoms with Gasteiger partial charge >= 0.3 is 0 Å². The number of nitrogens with two attached hydrogens (primary N) is 1. The first kappa shape index (κ1) is 14.5. The average molecular weight is 276 g/mol. The molecule has 2 nitrogen and oxygen atoms in total. The van der Waals surface area contributed by atoms with E-state index in [1.807, 2.05) is 19.1 Å². The predicted molar refractivity (Wildman–Crippen MR) is 77.5 cm³/mol. The van der Waals surface area contributed by atoms with E-state index in [1.54, 1.807) is 24.1 Å². The Kier molecular flexibility index (Phi) is 4.35. The average Bonchev–Trinajstić information content (AvgIpc) is 2.38. The van der Waals surface area contributed by atoms with Crippen molar-refractivity contribution < 1.29 is 8.78 Å². The molecule has 0 amide bonds. The molecule has 0 radical (unpaired) electrons. The summed E-state index contributed by atoms with van der Waals surface area (Å²) in [7, 11) is 1.77. The Bertz CT molecular complexity index is 597. The Labute approximate surface area is 117 Å². The van der Waals surface area contributed by atoms with Gasteiger partial charge in [-0.1, -0.05) is 18.2 Å². The molecule has 0 saturated carbocycles. The van der Waals surface area contributed by atoms with Crippen molar-refractivity contribution >= 4 is 5.69 Å². The Hall–Kier alpha value is -1.94. The van der Waals surface area contributed by atoms with Crippen molar-refractivity contribution in [3.05, 3.63) is 65.2 Å². The number of hydrogen-bond acceptors (Lipinski definition) is 2. The Morgan fingerprint density at radius 3 is 2.50 bits per heavy atom. The lowest BCUT2D eigenvalue weighted by Gasteiger charge is -2.21. The van der Waals surface area contributed by atoms with Gasteiger partial charge in [0.25, 0.3) is 0 Å². The highest BCUT2D eigenvalue weighted by Gasteiger charge is 2.10. The van der Waals surface area contributed by atoms with Crippen molar-refractivity contribution in [3.63, 3.8) is 0 Å². The van der Waals surface area contributed by atoms with E-state index < -0.39 is 0 Å². The fraction of sp³-hybridized carbons (Fsp3) is 0.250. The molecule has 20 heavy (non-hydrogen) atoms. The van der Waals surface area contributed by atoms with Gasteiger partial charge in [0.05, 0.1) is 5.69 Å². The SMILES string of the molecule is C[C@H](N)c1ccc(N(C)Cc2cccc(F)c2)c(F)c1. The zero-order valence-corrected chi connectivity index (χ0v) is 11.6. The molecule has 1 atom stereocenters. The van der Waals surface area contributed by atoms with E-state index in [9.17, 15) is 8.78 Å². The van der Waals surface area contributed by atoms with Gasteiger partial charge in [0.1, 0.15) is 11.6 Å². The molecule has 106 valence electrons. The lowest BCUT2D eigenvalue weighted by Crippen LogP contribution is -2.18. The number of benzene rings is 2. The molecule has 2 N–H and O–H groups in total. The van der Waals surface area contributed by atoms with E-state index >= 15 is 0 Å². The minimum Gasteiger partial charge on any atom is -0.368 e. The lowest BCUT2D eigenvalue weighted by atomic mass is 10.1. The van der Waals surface area contributed by atoms with Crippen LogP contribution in [0.3, 0.4) is 0 Å². The van der Waals surface area contributed by atoms with E-state index in [1.165, 1.54) is 18.2 Å². The van der Waals surface area contributed by atoms with Crippen molar-refractivity contribution in [1.29, 1.82) is 0 Å². The number of rotatable bonds is 4. The fourth-order valence-corrected chi connectivity index (χ4v) is 2.11. The summed E-state index contributed by atoms with van der Waals surface area (Å²) in [6.45, 7) is 2.25. The molecule has 2 aromatic carbocycles. The lowest BCUT2D eigenvalue weighted by molar-refractivity contribution is 0.615. The molecule has 0 aliphatic carbocycles. The van der Waals surface area contributed by atoms with E-state index in [0.29, 0.717) is 12.2 Å². The first-order chi connectivity index (χ1) is 9.47. The van der Waals surface area contributed by atoms with Gasteiger partial charge in [-0.15, -0.1) is 0 Å². The maximum Gasteiger partial charge on any atom is 0.146 e. The molecule has 2 aromatic rings. The number of anilines is 1. The Balaban J connectivity index is 2.19. The molecule has 0 spiro atoms. The summed E-state index contributed by atoms with van der Waals surface area (Å²) < 4.78 is 27.2. The van der Waals surface area contributed by atoms with E-state index in [4.69, 9.17) is 5.73 Å². The van der Waals surface area contributed by atoms with Gasteiger partial charge in [0.15, 0.2) is 0 Å². The molecule has 0 aliphatic rings. The summed E-state index contributed by atoms with van der Waals surface area (Å²) in [6, 6.07) is 11.1. The van der Waals surface area contributed by atoms with Gasteiger partial charge in [-0.2, -0.15) is 0 Å². The van der Waals surface area contributed by atoms with Crippen LogP contribution in [0.25, 0.3) is 0 Å². The summed E-state index contributed by atoms with van der Waals surface area (Å²) in [4.78, 5) is 1.75. The second-order valence-corrected chi connectivity index (χ2v) is 4.99. The first-order valence-corrected chi connectivity index (χ1v) is 6.48. The highest BCUT2D eigenvalue weighted by Crippen LogP contribution is 2.23. The molecule has 0 fully saturated rings. The molecule has 0 saturated heterocycles. The maximum atomic E-state index is 14.1. The van der Waals surface area contributed by atoms with Gasteiger partial charge in [-0.05, 0) is 42.3 Å². The molecule has 4 heteroatoms. The second-order valence-electron chi connectivity index (χ2n) is 4.99. The van der Waals surface area contributed by atoms with Gasteiger partial charge in [-0.25, -0.2) is 8.78 Å². The third-order valence-electron chi connectivity index (χ3n) is 3.22. The van der Waals surface area contributed by atoms with Crippen molar-refractivity contribution in [2.45, 2.75) is 19.5 Å². The Morgan fingerprint density at radius 1 is 1.15 bits per heavy atom. The fourth-order valence-electron chi connectivity index (χ4n) is 2.11. The minimum absolute atomic E-state index is 0.202. The minimum atomic E-state index is -0.321. The maximum absolute atomic E-state index is 14.1. The smallest absolute Gasteiger partial charge is 0.146 e. The third kappa shape index (κ3) is 3.33. The van der Waals surface area contributed by atoms with Crippen LogP contribution >= 0.6 is 0 Å². The van der Waals surface area contributed by atoms with Crippen LogP contribution < -0.4 is 10.6 Å². The molecule has 0 heterocycles. The van der Waals surface area contributed by atoms with Crippen molar-refractivity contribution in [3.8, 4) is 0 Å². The van der Waals surface area contributed by atoms with Crippen LogP contribution in [0.4, 0.5) is 14.5 Å². The standard InChI is InChI=1S/C16H18F2N2/c1-11(19)13-6-7-16(15(18)9-13)20(2)10-12-4-3-5-14(17)8-12/h3-9,11H,10,19H2,1-2H3/t11-/m0/s1. The first-order valence-electron chi connectivity index (χ1n) is 6.48. The molecule has 0 unspecified atom stereocenters. The highest BCUT2D eigenvalue weighted by molar-refractivity contribution is 5.49. The monoisotopic (exact) mass is 276 g/mol. The van der Waals surface area contributed by atoms with Crippen LogP contribution in [0.15, 0.2) is 42.5 Å². The second kappa shape index (κ2) is 6.01. The summed E-state index contributed by atoms with van der Waals surface area (Å²) in [5, 5.41) is 0. The van der Waals surface area contributed by atoms with Crippen LogP contribution in [0, 0.1) is 11.6 Å². The highest BCUT2D eigenvalue weighted by atomic mass is 19.1. The zero-order chi connectivity index (χ0) is 14.7. The molecular weight excluding hydrogens is 258 g/mol. The summed E-state index contributed by atoms with van der Waals surface area (Å²) in [5.74, 6) is -0.609. The normalized spacial score (nSPS) is 12.2. The van der Waals surface area contributed by atoms with Gasteiger partial charge in [-0.3, -0.25) is 0 Å². The zero-order valence-electron chi connectivity index (χ0n) is 11.6. The third-order valence-corrected chi connectivity index (χ3v) is 3.22. The van der Waals surface area contributed by atoms with Crippen LogP contribution in [0.1, 0.15) is 24.1 Å². The predicted octanol–water partition coefficient (Wildman–Crippen LogP) is 3.62. The van der Waals surface area contributed by atoms with Crippen LogP contribution in [-0.4, -0.2) is 7.05 Å². The number of halogens is 2. The summed E-state index contributed by atoms with van der Waals surface area (Å²) in [6.07, 6.45) is 0. The van der Waals surface area contributed by atoms with Crippen molar-refractivity contribution in [2.24, 2.45) is 5.73 Å². The van der Waals surface area contributed by atoms with E-state index in [-0.39, 0.29) is 17.7 Å². The van der Waals surface area contributed by atoms with Crippen molar-refractivity contribution in [2.75, 3.05) is 11.9 Å². The molecule has 0 aliphatic heterocycles.